The molecule has 1 saturated carbocycles. The van der Waals surface area contributed by atoms with E-state index in [0.29, 0.717) is 13.0 Å². The Morgan fingerprint density at radius 3 is 2.76 bits per heavy atom. The zero-order chi connectivity index (χ0) is 15.5. The van der Waals surface area contributed by atoms with Gasteiger partial charge in [0.2, 0.25) is 0 Å². The van der Waals surface area contributed by atoms with Crippen molar-refractivity contribution in [2.45, 2.75) is 44.0 Å². The molecule has 4 nitrogen and oxygen atoms in total. The first-order valence-corrected chi connectivity index (χ1v) is 7.68. The van der Waals surface area contributed by atoms with Crippen LogP contribution in [0.5, 0.6) is 0 Å². The van der Waals surface area contributed by atoms with E-state index in [-0.39, 0.29) is 26.0 Å². The second-order valence-corrected chi connectivity index (χ2v) is 6.24. The van der Waals surface area contributed by atoms with E-state index < -0.39 is 17.8 Å². The first-order chi connectivity index (χ1) is 9.84. The van der Waals surface area contributed by atoms with Gasteiger partial charge in [0.15, 0.2) is 0 Å². The maximum Gasteiger partial charge on any atom is 0.406 e. The predicted octanol–water partition coefficient (Wildman–Crippen LogP) is 2.06. The smallest absolute Gasteiger partial charge is 0.389 e. The van der Waals surface area contributed by atoms with Crippen LogP contribution >= 0.6 is 11.3 Å². The number of aromatic nitrogens is 1. The molecule has 1 fully saturated rings. The molecule has 0 radical (unpaired) electrons. The van der Waals surface area contributed by atoms with E-state index in [2.05, 4.69) is 10.3 Å². The summed E-state index contributed by atoms with van der Waals surface area (Å²) in [7, 11) is 0. The quantitative estimate of drug-likeness (QED) is 0.719. The van der Waals surface area contributed by atoms with Gasteiger partial charge in [-0.15, -0.1) is 11.3 Å². The fraction of sp³-hybridized carbons (Fsp3) is 0.769. The van der Waals surface area contributed by atoms with Gasteiger partial charge in [-0.1, -0.05) is 0 Å². The van der Waals surface area contributed by atoms with Crippen LogP contribution in [0, 0.1) is 6.92 Å². The van der Waals surface area contributed by atoms with Crippen LogP contribution < -0.4 is 5.32 Å². The second-order valence-electron chi connectivity index (χ2n) is 5.30. The molecule has 2 rings (SSSR count). The third-order valence-electron chi connectivity index (χ3n) is 3.60. The molecule has 0 aliphatic heterocycles. The van der Waals surface area contributed by atoms with E-state index in [1.54, 1.807) is 16.8 Å². The summed E-state index contributed by atoms with van der Waals surface area (Å²) in [5.74, 6) is 0. The van der Waals surface area contributed by atoms with Crippen molar-refractivity contribution in [3.8, 4) is 0 Å². The lowest BCUT2D eigenvalue weighted by atomic mass is 10.2. The van der Waals surface area contributed by atoms with Crippen molar-refractivity contribution in [1.82, 2.24) is 10.3 Å². The Hall–Kier alpha value is -0.700. The lowest BCUT2D eigenvalue weighted by Crippen LogP contribution is -2.48. The number of nitrogens with zero attached hydrogens (tertiary/aromatic N) is 1. The van der Waals surface area contributed by atoms with Crippen molar-refractivity contribution in [2.24, 2.45) is 0 Å². The number of nitrogens with one attached hydrogen (secondary N) is 1. The first kappa shape index (κ1) is 16.7. The number of ether oxygens (including phenoxy) is 1. The number of hydrogen-bond donors (Lipinski definition) is 2. The summed E-state index contributed by atoms with van der Waals surface area (Å²) in [5.41, 5.74) is 0.940. The summed E-state index contributed by atoms with van der Waals surface area (Å²) in [6, 6.07) is 0. The Bertz CT molecular complexity index is 461. The molecule has 1 atom stereocenters. The highest BCUT2D eigenvalue weighted by Crippen LogP contribution is 2.48. The Morgan fingerprint density at radius 2 is 2.24 bits per heavy atom. The third kappa shape index (κ3) is 4.38. The van der Waals surface area contributed by atoms with Gasteiger partial charge in [0.25, 0.3) is 0 Å². The minimum Gasteiger partial charge on any atom is -0.389 e. The lowest BCUT2D eigenvalue weighted by molar-refractivity contribution is -0.167. The molecule has 0 bridgehead atoms. The first-order valence-electron chi connectivity index (χ1n) is 6.80. The molecule has 1 aromatic rings. The number of rotatable bonds is 8. The average Bonchev–Trinajstić information content (AvgIpc) is 3.11. The SMILES string of the molecule is Cc1ncsc1CCOCC(O)CNC1(C(F)(F)F)CC1. The maximum atomic E-state index is 12.7. The van der Waals surface area contributed by atoms with Crippen molar-refractivity contribution < 1.29 is 23.0 Å². The van der Waals surface area contributed by atoms with E-state index >= 15 is 0 Å². The number of hydrogen-bond acceptors (Lipinski definition) is 5. The monoisotopic (exact) mass is 324 g/mol. The zero-order valence-electron chi connectivity index (χ0n) is 11.7. The van der Waals surface area contributed by atoms with Gasteiger partial charge < -0.3 is 15.2 Å². The molecule has 1 aromatic heterocycles. The van der Waals surface area contributed by atoms with E-state index in [1.807, 2.05) is 6.92 Å². The van der Waals surface area contributed by atoms with E-state index in [9.17, 15) is 18.3 Å². The molecular weight excluding hydrogens is 305 g/mol. The Labute approximate surface area is 125 Å². The molecule has 2 N–H and O–H groups in total. The minimum atomic E-state index is -4.25. The van der Waals surface area contributed by atoms with Crippen LogP contribution in [0.2, 0.25) is 0 Å². The summed E-state index contributed by atoms with van der Waals surface area (Å²) in [6.07, 6.45) is -4.34. The second kappa shape index (κ2) is 6.60. The fourth-order valence-electron chi connectivity index (χ4n) is 2.01. The van der Waals surface area contributed by atoms with Crippen LogP contribution in [0.15, 0.2) is 5.51 Å². The van der Waals surface area contributed by atoms with Gasteiger partial charge in [-0.2, -0.15) is 13.2 Å². The van der Waals surface area contributed by atoms with Gasteiger partial charge in [0, 0.05) is 17.8 Å². The van der Waals surface area contributed by atoms with Crippen molar-refractivity contribution in [3.63, 3.8) is 0 Å². The molecule has 1 aliphatic carbocycles. The molecule has 0 spiro atoms. The number of thiazole rings is 1. The highest BCUT2D eigenvalue weighted by molar-refractivity contribution is 7.09. The van der Waals surface area contributed by atoms with Crippen LogP contribution in [0.3, 0.4) is 0 Å². The standard InChI is InChI=1S/C13H19F3N2O2S/c1-9-11(21-8-17-9)2-5-20-7-10(19)6-18-12(3-4-12)13(14,15)16/h8,10,18-19H,2-7H2,1H3. The van der Waals surface area contributed by atoms with Gasteiger partial charge in [0.1, 0.15) is 5.54 Å². The third-order valence-corrected chi connectivity index (χ3v) is 4.59. The Kier molecular flexibility index (Phi) is 5.24. The molecule has 1 unspecified atom stereocenters. The van der Waals surface area contributed by atoms with Crippen molar-refractivity contribution in [2.75, 3.05) is 19.8 Å². The average molecular weight is 324 g/mol. The zero-order valence-corrected chi connectivity index (χ0v) is 12.6. The summed E-state index contributed by atoms with van der Waals surface area (Å²) in [4.78, 5) is 5.24. The number of halogens is 3. The van der Waals surface area contributed by atoms with Gasteiger partial charge in [-0.05, 0) is 19.8 Å². The van der Waals surface area contributed by atoms with Crippen LogP contribution in [0.4, 0.5) is 13.2 Å². The Balaban J connectivity index is 1.60. The van der Waals surface area contributed by atoms with Gasteiger partial charge in [-0.25, -0.2) is 4.98 Å². The summed E-state index contributed by atoms with van der Waals surface area (Å²) in [5, 5.41) is 12.1. The molecule has 120 valence electrons. The van der Waals surface area contributed by atoms with Gasteiger partial charge in [-0.3, -0.25) is 0 Å². The van der Waals surface area contributed by atoms with Gasteiger partial charge >= 0.3 is 6.18 Å². The summed E-state index contributed by atoms with van der Waals surface area (Å²) in [6.45, 7) is 2.25. The highest BCUT2D eigenvalue weighted by Gasteiger charge is 2.63. The van der Waals surface area contributed by atoms with Crippen molar-refractivity contribution in [1.29, 1.82) is 0 Å². The molecule has 1 heterocycles. The topological polar surface area (TPSA) is 54.4 Å². The molecule has 8 heteroatoms. The minimum absolute atomic E-state index is 0.0266. The normalized spacial score (nSPS) is 18.7. The van der Waals surface area contributed by atoms with Gasteiger partial charge in [0.05, 0.1) is 30.5 Å². The number of β-amino-alcohol motifs (C(OH)–C–C–N with tert-alkyl or cyclic N) is 1. The van der Waals surface area contributed by atoms with Crippen LogP contribution in [-0.2, 0) is 11.2 Å². The van der Waals surface area contributed by atoms with Crippen LogP contribution in [-0.4, -0.2) is 47.7 Å². The molecular formula is C13H19F3N2O2S. The van der Waals surface area contributed by atoms with Crippen molar-refractivity contribution >= 4 is 11.3 Å². The summed E-state index contributed by atoms with van der Waals surface area (Å²) < 4.78 is 43.3. The number of aliphatic hydroxyl groups excluding tert-OH is 1. The van der Waals surface area contributed by atoms with Crippen LogP contribution in [0.1, 0.15) is 23.4 Å². The molecule has 0 aromatic carbocycles. The number of aliphatic hydroxyl groups is 1. The molecule has 0 amide bonds. The van der Waals surface area contributed by atoms with Crippen molar-refractivity contribution in [3.05, 3.63) is 16.1 Å². The largest absolute Gasteiger partial charge is 0.406 e. The lowest BCUT2D eigenvalue weighted by Gasteiger charge is -2.22. The molecule has 21 heavy (non-hydrogen) atoms. The van der Waals surface area contributed by atoms with E-state index in [4.69, 9.17) is 4.74 Å². The fourth-order valence-corrected chi connectivity index (χ4v) is 2.77. The van der Waals surface area contributed by atoms with Crippen LogP contribution in [0.25, 0.3) is 0 Å². The molecule has 0 saturated heterocycles. The predicted molar refractivity (Wildman–Crippen MR) is 73.4 cm³/mol. The summed E-state index contributed by atoms with van der Waals surface area (Å²) >= 11 is 1.54. The number of aryl methyl sites for hydroxylation is 1. The number of alkyl halides is 3. The van der Waals surface area contributed by atoms with E-state index in [1.165, 1.54) is 0 Å². The highest BCUT2D eigenvalue weighted by atomic mass is 32.1. The maximum absolute atomic E-state index is 12.7. The Morgan fingerprint density at radius 1 is 1.52 bits per heavy atom. The molecule has 1 aliphatic rings. The van der Waals surface area contributed by atoms with E-state index in [0.717, 1.165) is 10.6 Å².